The van der Waals surface area contributed by atoms with Gasteiger partial charge in [-0.2, -0.15) is 4.98 Å². The Bertz CT molecular complexity index is 1650. The zero-order chi connectivity index (χ0) is 24.5. The fourth-order valence-corrected chi connectivity index (χ4v) is 3.98. The molecule has 0 aliphatic heterocycles. The largest absolute Gasteiger partial charge is 0.398 e. The molecule has 0 spiro atoms. The van der Waals surface area contributed by atoms with Gasteiger partial charge in [0, 0.05) is 24.4 Å². The first kappa shape index (κ1) is 21.9. The SMILES string of the molecule is C#Cc1cccc2nc([C@H](C)Nc3nccc(N)c3-c3noc(C)n3)n(-c3ccccc3)c(=O)c12. The van der Waals surface area contributed by atoms with E-state index in [0.717, 1.165) is 0 Å². The monoisotopic (exact) mass is 463 g/mol. The minimum absolute atomic E-state index is 0.257. The summed E-state index contributed by atoms with van der Waals surface area (Å²) >= 11 is 0. The van der Waals surface area contributed by atoms with E-state index in [1.54, 1.807) is 42.0 Å². The average Bonchev–Trinajstić information content (AvgIpc) is 3.29. The summed E-state index contributed by atoms with van der Waals surface area (Å²) in [7, 11) is 0. The Kier molecular flexibility index (Phi) is 5.47. The number of fused-ring (bicyclic) bond motifs is 1. The molecule has 5 aromatic rings. The predicted molar refractivity (Wildman–Crippen MR) is 134 cm³/mol. The number of terminal acetylenes is 1. The van der Waals surface area contributed by atoms with Gasteiger partial charge in [0.2, 0.25) is 11.7 Å². The molecule has 0 aliphatic rings. The van der Waals surface area contributed by atoms with Gasteiger partial charge < -0.3 is 15.6 Å². The number of anilines is 2. The second-order valence-corrected chi connectivity index (χ2v) is 7.92. The summed E-state index contributed by atoms with van der Waals surface area (Å²) < 4.78 is 6.70. The summed E-state index contributed by atoms with van der Waals surface area (Å²) in [4.78, 5) is 27.4. The van der Waals surface area contributed by atoms with Crippen molar-refractivity contribution < 1.29 is 4.52 Å². The minimum Gasteiger partial charge on any atom is -0.398 e. The number of nitrogen functional groups attached to an aromatic ring is 1. The highest BCUT2D eigenvalue weighted by Crippen LogP contribution is 2.32. The topological polar surface area (TPSA) is 125 Å². The van der Waals surface area contributed by atoms with E-state index in [4.69, 9.17) is 21.7 Å². The number of nitrogens with two attached hydrogens (primary N) is 1. The molecule has 172 valence electrons. The van der Waals surface area contributed by atoms with E-state index in [0.29, 0.717) is 56.8 Å². The van der Waals surface area contributed by atoms with Gasteiger partial charge in [0.15, 0.2) is 0 Å². The maximum Gasteiger partial charge on any atom is 0.267 e. The first-order chi connectivity index (χ1) is 17.0. The second-order valence-electron chi connectivity index (χ2n) is 7.92. The normalized spacial score (nSPS) is 11.8. The van der Waals surface area contributed by atoms with Crippen LogP contribution in [0.4, 0.5) is 11.5 Å². The Morgan fingerprint density at radius 1 is 1.11 bits per heavy atom. The van der Waals surface area contributed by atoms with Crippen LogP contribution >= 0.6 is 0 Å². The molecule has 0 unspecified atom stereocenters. The summed E-state index contributed by atoms with van der Waals surface area (Å²) in [5.74, 6) is 4.22. The van der Waals surface area contributed by atoms with Gasteiger partial charge in [-0.15, -0.1) is 6.42 Å². The minimum atomic E-state index is -0.470. The third kappa shape index (κ3) is 3.87. The van der Waals surface area contributed by atoms with Crippen molar-refractivity contribution in [3.63, 3.8) is 0 Å². The Morgan fingerprint density at radius 2 is 1.91 bits per heavy atom. The molecule has 0 saturated carbocycles. The van der Waals surface area contributed by atoms with Gasteiger partial charge in [0.1, 0.15) is 11.6 Å². The van der Waals surface area contributed by atoms with Crippen LogP contribution in [-0.4, -0.2) is 24.7 Å². The fourth-order valence-electron chi connectivity index (χ4n) is 3.98. The summed E-state index contributed by atoms with van der Waals surface area (Å²) in [6.45, 7) is 3.58. The number of nitrogens with one attached hydrogen (secondary N) is 1. The highest BCUT2D eigenvalue weighted by molar-refractivity contribution is 5.85. The summed E-state index contributed by atoms with van der Waals surface area (Å²) in [5, 5.41) is 7.71. The molecule has 2 aromatic carbocycles. The van der Waals surface area contributed by atoms with Crippen molar-refractivity contribution in [3.05, 3.63) is 88.4 Å². The molecule has 0 amide bonds. The van der Waals surface area contributed by atoms with Gasteiger partial charge in [-0.25, -0.2) is 9.97 Å². The van der Waals surface area contributed by atoms with Crippen LogP contribution in [0.2, 0.25) is 0 Å². The summed E-state index contributed by atoms with van der Waals surface area (Å²) in [5.41, 5.74) is 8.58. The molecular formula is C26H21N7O2. The zero-order valence-corrected chi connectivity index (χ0v) is 19.1. The van der Waals surface area contributed by atoms with Crippen molar-refractivity contribution in [2.24, 2.45) is 0 Å². The molecule has 5 rings (SSSR count). The van der Waals surface area contributed by atoms with Crippen LogP contribution in [0, 0.1) is 19.3 Å². The zero-order valence-electron chi connectivity index (χ0n) is 19.1. The van der Waals surface area contributed by atoms with Crippen LogP contribution in [-0.2, 0) is 0 Å². The van der Waals surface area contributed by atoms with E-state index >= 15 is 0 Å². The van der Waals surface area contributed by atoms with Crippen molar-refractivity contribution in [1.82, 2.24) is 24.7 Å². The Morgan fingerprint density at radius 3 is 2.63 bits per heavy atom. The molecule has 0 bridgehead atoms. The quantitative estimate of drug-likeness (QED) is 0.376. The molecule has 0 fully saturated rings. The standard InChI is InChI=1S/C26H21N7O2/c1-4-17-9-8-12-20-21(17)26(34)33(18-10-6-5-7-11-18)25(31-20)15(2)29-23-22(19(27)13-14-28-23)24-30-16(3)35-32-24/h1,5-15H,2-3H3,(H3,27,28,29)/t15-/m0/s1. The Balaban J connectivity index is 1.69. The van der Waals surface area contributed by atoms with Crippen molar-refractivity contribution in [2.75, 3.05) is 11.1 Å². The van der Waals surface area contributed by atoms with Crippen LogP contribution < -0.4 is 16.6 Å². The average molecular weight is 464 g/mol. The summed E-state index contributed by atoms with van der Waals surface area (Å²) in [6, 6.07) is 15.8. The molecule has 0 saturated heterocycles. The number of pyridine rings is 1. The number of aryl methyl sites for hydroxylation is 1. The molecular weight excluding hydrogens is 442 g/mol. The third-order valence-corrected chi connectivity index (χ3v) is 5.57. The molecule has 3 aromatic heterocycles. The Labute approximate surface area is 200 Å². The van der Waals surface area contributed by atoms with E-state index in [1.165, 1.54) is 0 Å². The van der Waals surface area contributed by atoms with Gasteiger partial charge in [-0.3, -0.25) is 9.36 Å². The number of para-hydroxylation sites is 1. The van der Waals surface area contributed by atoms with Crippen molar-refractivity contribution in [3.8, 4) is 29.4 Å². The molecule has 0 radical (unpaired) electrons. The Hall–Kier alpha value is -4.97. The van der Waals surface area contributed by atoms with Crippen molar-refractivity contribution >= 4 is 22.4 Å². The van der Waals surface area contributed by atoms with Crippen molar-refractivity contribution in [1.29, 1.82) is 0 Å². The lowest BCUT2D eigenvalue weighted by Crippen LogP contribution is -2.28. The smallest absolute Gasteiger partial charge is 0.267 e. The number of benzene rings is 2. The van der Waals surface area contributed by atoms with E-state index < -0.39 is 6.04 Å². The summed E-state index contributed by atoms with van der Waals surface area (Å²) in [6.07, 6.45) is 7.26. The molecule has 1 atom stereocenters. The molecule has 3 N–H and O–H groups in total. The highest BCUT2D eigenvalue weighted by Gasteiger charge is 2.22. The van der Waals surface area contributed by atoms with Crippen LogP contribution in [0.15, 0.2) is 70.1 Å². The van der Waals surface area contributed by atoms with E-state index in [1.807, 2.05) is 37.3 Å². The lowest BCUT2D eigenvalue weighted by molar-refractivity contribution is 0.394. The third-order valence-electron chi connectivity index (χ3n) is 5.57. The van der Waals surface area contributed by atoms with Crippen LogP contribution in [0.5, 0.6) is 0 Å². The van der Waals surface area contributed by atoms with Crippen LogP contribution in [0.1, 0.15) is 30.2 Å². The number of hydrogen-bond acceptors (Lipinski definition) is 8. The number of nitrogens with zero attached hydrogens (tertiary/aromatic N) is 5. The van der Waals surface area contributed by atoms with E-state index in [9.17, 15) is 4.79 Å². The van der Waals surface area contributed by atoms with Crippen LogP contribution in [0.25, 0.3) is 28.0 Å². The van der Waals surface area contributed by atoms with Gasteiger partial charge in [-0.05, 0) is 37.3 Å². The fraction of sp³-hybridized carbons (Fsp3) is 0.115. The molecule has 9 heteroatoms. The second kappa shape index (κ2) is 8.76. The van der Waals surface area contributed by atoms with Crippen molar-refractivity contribution in [2.45, 2.75) is 19.9 Å². The van der Waals surface area contributed by atoms with Gasteiger partial charge >= 0.3 is 0 Å². The number of rotatable bonds is 5. The molecule has 9 nitrogen and oxygen atoms in total. The first-order valence-corrected chi connectivity index (χ1v) is 10.9. The molecule has 0 aliphatic carbocycles. The number of hydrogen-bond donors (Lipinski definition) is 2. The number of aromatic nitrogens is 5. The lowest BCUT2D eigenvalue weighted by atomic mass is 10.1. The van der Waals surface area contributed by atoms with Gasteiger partial charge in [0.25, 0.3) is 5.56 Å². The van der Waals surface area contributed by atoms with E-state index in [-0.39, 0.29) is 5.56 Å². The maximum absolute atomic E-state index is 13.8. The predicted octanol–water partition coefficient (Wildman–Crippen LogP) is 3.88. The molecule has 35 heavy (non-hydrogen) atoms. The lowest BCUT2D eigenvalue weighted by Gasteiger charge is -2.21. The maximum atomic E-state index is 13.8. The van der Waals surface area contributed by atoms with Gasteiger partial charge in [-0.1, -0.05) is 35.3 Å². The van der Waals surface area contributed by atoms with Crippen LogP contribution in [0.3, 0.4) is 0 Å². The first-order valence-electron chi connectivity index (χ1n) is 10.9. The van der Waals surface area contributed by atoms with E-state index in [2.05, 4.69) is 26.4 Å². The molecule has 3 heterocycles. The highest BCUT2D eigenvalue weighted by atomic mass is 16.5. The van der Waals surface area contributed by atoms with Gasteiger partial charge in [0.05, 0.1) is 28.2 Å².